The highest BCUT2D eigenvalue weighted by Crippen LogP contribution is 2.61. The summed E-state index contributed by atoms with van der Waals surface area (Å²) in [6, 6.07) is 0. The van der Waals surface area contributed by atoms with E-state index in [2.05, 4.69) is 6.92 Å². The van der Waals surface area contributed by atoms with E-state index in [0.29, 0.717) is 12.2 Å². The van der Waals surface area contributed by atoms with Crippen LogP contribution in [0, 0.1) is 16.7 Å². The van der Waals surface area contributed by atoms with E-state index in [1.807, 2.05) is 13.8 Å². The van der Waals surface area contributed by atoms with Crippen molar-refractivity contribution in [3.05, 3.63) is 0 Å². The van der Waals surface area contributed by atoms with Gasteiger partial charge in [0.1, 0.15) is 11.9 Å². The number of Topliss-reactive ketones (excluding diaryl/α,β-unsaturated/α-hetero) is 1. The number of hydrogen-bond donors (Lipinski definition) is 0. The van der Waals surface area contributed by atoms with Gasteiger partial charge in [0.15, 0.2) is 0 Å². The molecule has 84 valence electrons. The summed E-state index contributed by atoms with van der Waals surface area (Å²) in [6.07, 6.45) is 1.33. The maximum atomic E-state index is 11.7. The molecule has 0 spiro atoms. The standard InChI is InChI=1S/C12H18O3/c1-7(13)15-10-11(2,3)8-5-12(10,4)6-9(8)14/h8,10H,5-6H2,1-4H3/t8-,10-,12+/m1/s1. The van der Waals surface area contributed by atoms with Crippen LogP contribution in [0.25, 0.3) is 0 Å². The van der Waals surface area contributed by atoms with E-state index >= 15 is 0 Å². The first-order valence-corrected chi connectivity index (χ1v) is 5.47. The lowest BCUT2D eigenvalue weighted by Gasteiger charge is -2.40. The highest BCUT2D eigenvalue weighted by atomic mass is 16.5. The van der Waals surface area contributed by atoms with Crippen molar-refractivity contribution in [3.8, 4) is 0 Å². The van der Waals surface area contributed by atoms with Crippen LogP contribution in [0.2, 0.25) is 0 Å². The van der Waals surface area contributed by atoms with E-state index in [0.717, 1.165) is 6.42 Å². The minimum absolute atomic E-state index is 0.0758. The third-order valence-corrected chi connectivity index (χ3v) is 4.13. The monoisotopic (exact) mass is 210 g/mol. The highest BCUT2D eigenvalue weighted by molar-refractivity contribution is 5.86. The van der Waals surface area contributed by atoms with Crippen LogP contribution >= 0.6 is 0 Å². The Balaban J connectivity index is 2.32. The van der Waals surface area contributed by atoms with E-state index in [1.165, 1.54) is 6.92 Å². The molecule has 2 bridgehead atoms. The maximum Gasteiger partial charge on any atom is 0.302 e. The largest absolute Gasteiger partial charge is 0.461 e. The third kappa shape index (κ3) is 1.32. The molecule has 0 unspecified atom stereocenters. The van der Waals surface area contributed by atoms with Gasteiger partial charge in [-0.3, -0.25) is 9.59 Å². The molecule has 3 heteroatoms. The number of ether oxygens (including phenoxy) is 1. The summed E-state index contributed by atoms with van der Waals surface area (Å²) in [5.41, 5.74) is -0.327. The van der Waals surface area contributed by atoms with Crippen molar-refractivity contribution in [2.45, 2.75) is 46.6 Å². The zero-order chi connectivity index (χ0) is 11.4. The number of carbonyl (C=O) groups is 2. The van der Waals surface area contributed by atoms with Gasteiger partial charge in [-0.1, -0.05) is 20.8 Å². The summed E-state index contributed by atoms with van der Waals surface area (Å²) in [7, 11) is 0. The Hall–Kier alpha value is -0.860. The highest BCUT2D eigenvalue weighted by Gasteiger charge is 2.65. The van der Waals surface area contributed by atoms with Gasteiger partial charge in [0.05, 0.1) is 0 Å². The number of carbonyl (C=O) groups excluding carboxylic acids is 2. The fourth-order valence-electron chi connectivity index (χ4n) is 3.59. The number of hydrogen-bond acceptors (Lipinski definition) is 3. The van der Waals surface area contributed by atoms with Crippen LogP contribution in [0.15, 0.2) is 0 Å². The van der Waals surface area contributed by atoms with Gasteiger partial charge in [-0.15, -0.1) is 0 Å². The second kappa shape index (κ2) is 2.83. The summed E-state index contributed by atoms with van der Waals surface area (Å²) < 4.78 is 5.42. The lowest BCUT2D eigenvalue weighted by Crippen LogP contribution is -2.46. The SMILES string of the molecule is CC(=O)O[C@@H]1C(C)(C)[C@@H]2C[C@@]1(C)CC2=O. The molecule has 3 atom stereocenters. The normalized spacial score (nSPS) is 42.0. The molecule has 0 amide bonds. The predicted octanol–water partition coefficient (Wildman–Crippen LogP) is 1.94. The van der Waals surface area contributed by atoms with E-state index in [1.54, 1.807) is 0 Å². The smallest absolute Gasteiger partial charge is 0.302 e. The number of fused-ring (bicyclic) bond motifs is 2. The van der Waals surface area contributed by atoms with Gasteiger partial charge in [-0.25, -0.2) is 0 Å². The lowest BCUT2D eigenvalue weighted by molar-refractivity contribution is -0.164. The fourth-order valence-corrected chi connectivity index (χ4v) is 3.59. The van der Waals surface area contributed by atoms with E-state index < -0.39 is 0 Å². The second-order valence-electron chi connectivity index (χ2n) is 5.86. The van der Waals surface area contributed by atoms with Crippen LogP contribution in [0.1, 0.15) is 40.5 Å². The van der Waals surface area contributed by atoms with E-state index in [4.69, 9.17) is 4.74 Å². The molecular weight excluding hydrogens is 192 g/mol. The Bertz CT molecular complexity index is 327. The fraction of sp³-hybridized carbons (Fsp3) is 0.833. The van der Waals surface area contributed by atoms with Crippen molar-refractivity contribution in [2.75, 3.05) is 0 Å². The second-order valence-corrected chi connectivity index (χ2v) is 5.86. The van der Waals surface area contributed by atoms with Crippen LogP contribution < -0.4 is 0 Å². The Morgan fingerprint density at radius 2 is 2.00 bits per heavy atom. The molecule has 0 radical (unpaired) electrons. The molecule has 2 aliphatic carbocycles. The summed E-state index contributed by atoms with van der Waals surface area (Å²) in [5, 5.41) is 0. The Labute approximate surface area is 90.2 Å². The van der Waals surface area contributed by atoms with Gasteiger partial charge in [0.25, 0.3) is 0 Å². The molecule has 0 heterocycles. The van der Waals surface area contributed by atoms with Crippen LogP contribution in [0.3, 0.4) is 0 Å². The predicted molar refractivity (Wildman–Crippen MR) is 55.2 cm³/mol. The summed E-state index contributed by atoms with van der Waals surface area (Å²) in [5.74, 6) is 0.173. The molecule has 0 aliphatic heterocycles. The average molecular weight is 210 g/mol. The Morgan fingerprint density at radius 3 is 2.40 bits per heavy atom. The number of ketones is 1. The molecule has 2 rings (SSSR count). The lowest BCUT2D eigenvalue weighted by atomic mass is 9.69. The molecular formula is C12H18O3. The average Bonchev–Trinajstić information content (AvgIpc) is 2.45. The minimum atomic E-state index is -0.241. The molecule has 2 saturated carbocycles. The molecule has 0 N–H and O–H groups in total. The quantitative estimate of drug-likeness (QED) is 0.621. The van der Waals surface area contributed by atoms with Gasteiger partial charge < -0.3 is 4.74 Å². The van der Waals surface area contributed by atoms with Crippen molar-refractivity contribution in [1.29, 1.82) is 0 Å². The van der Waals surface area contributed by atoms with Crippen LogP contribution in [0.5, 0.6) is 0 Å². The third-order valence-electron chi connectivity index (χ3n) is 4.13. The van der Waals surface area contributed by atoms with Crippen LogP contribution in [0.4, 0.5) is 0 Å². The zero-order valence-electron chi connectivity index (χ0n) is 9.79. The minimum Gasteiger partial charge on any atom is -0.461 e. The van der Waals surface area contributed by atoms with Gasteiger partial charge in [0, 0.05) is 30.1 Å². The van der Waals surface area contributed by atoms with Crippen LogP contribution in [-0.2, 0) is 14.3 Å². The van der Waals surface area contributed by atoms with E-state index in [-0.39, 0.29) is 28.8 Å². The topological polar surface area (TPSA) is 43.4 Å². The first-order chi connectivity index (χ1) is 6.77. The Kier molecular flexibility index (Phi) is 2.01. The van der Waals surface area contributed by atoms with Gasteiger partial charge in [-0.2, -0.15) is 0 Å². The van der Waals surface area contributed by atoms with Crippen molar-refractivity contribution in [3.63, 3.8) is 0 Å². The van der Waals surface area contributed by atoms with Gasteiger partial charge in [0.2, 0.25) is 0 Å². The summed E-state index contributed by atoms with van der Waals surface area (Å²) in [6.45, 7) is 7.57. The molecule has 0 aromatic rings. The van der Waals surface area contributed by atoms with Gasteiger partial charge in [-0.05, 0) is 6.42 Å². The molecule has 2 fully saturated rings. The number of rotatable bonds is 1. The number of esters is 1. The molecule has 3 nitrogen and oxygen atoms in total. The van der Waals surface area contributed by atoms with Gasteiger partial charge >= 0.3 is 5.97 Å². The summed E-state index contributed by atoms with van der Waals surface area (Å²) in [4.78, 5) is 22.8. The van der Waals surface area contributed by atoms with Crippen molar-refractivity contribution < 1.29 is 14.3 Å². The molecule has 2 aliphatic rings. The van der Waals surface area contributed by atoms with Crippen LogP contribution in [-0.4, -0.2) is 17.9 Å². The van der Waals surface area contributed by atoms with Crippen molar-refractivity contribution in [2.24, 2.45) is 16.7 Å². The molecule has 15 heavy (non-hydrogen) atoms. The Morgan fingerprint density at radius 1 is 1.40 bits per heavy atom. The molecule has 0 aromatic carbocycles. The summed E-state index contributed by atoms with van der Waals surface area (Å²) >= 11 is 0. The van der Waals surface area contributed by atoms with E-state index in [9.17, 15) is 9.59 Å². The zero-order valence-corrected chi connectivity index (χ0v) is 9.79. The first kappa shape index (κ1) is 10.7. The molecule has 0 saturated heterocycles. The van der Waals surface area contributed by atoms with Crippen molar-refractivity contribution >= 4 is 11.8 Å². The maximum absolute atomic E-state index is 11.7. The first-order valence-electron chi connectivity index (χ1n) is 5.47. The van der Waals surface area contributed by atoms with Crippen molar-refractivity contribution in [1.82, 2.24) is 0 Å². The molecule has 0 aromatic heterocycles.